The first-order valence-electron chi connectivity index (χ1n) is 8.08. The molecule has 0 saturated carbocycles. The van der Waals surface area contributed by atoms with E-state index in [0.29, 0.717) is 23.6 Å². The van der Waals surface area contributed by atoms with Gasteiger partial charge in [0.05, 0.1) is 24.3 Å². The molecule has 0 aliphatic rings. The largest absolute Gasteiger partial charge is 0.496 e. The van der Waals surface area contributed by atoms with Crippen molar-refractivity contribution in [1.82, 2.24) is 4.83 Å². The Morgan fingerprint density at radius 3 is 2.50 bits per heavy atom. The fraction of sp³-hybridized carbons (Fsp3) is 0.316. The van der Waals surface area contributed by atoms with Crippen LogP contribution in [0.2, 0.25) is 0 Å². The van der Waals surface area contributed by atoms with E-state index >= 15 is 0 Å². The molecule has 0 aliphatic heterocycles. The third-order valence-electron chi connectivity index (χ3n) is 3.96. The Kier molecular flexibility index (Phi) is 6.39. The van der Waals surface area contributed by atoms with Crippen molar-refractivity contribution in [3.63, 3.8) is 0 Å². The van der Waals surface area contributed by atoms with E-state index in [1.54, 1.807) is 40.2 Å². The number of benzene rings is 2. The fourth-order valence-corrected chi connectivity index (χ4v) is 3.70. The average Bonchev–Trinajstić information content (AvgIpc) is 2.62. The van der Waals surface area contributed by atoms with Crippen molar-refractivity contribution in [3.8, 4) is 5.75 Å². The normalized spacial score (nSPS) is 12.1. The topological polar surface area (TPSA) is 77.0 Å². The molecule has 2 aromatic carbocycles. The lowest BCUT2D eigenvalue weighted by molar-refractivity contribution is 0.181. The molecular weight excluding hydrogens is 352 g/mol. The number of hydrazone groups is 1. The van der Waals surface area contributed by atoms with Crippen LogP contribution in [0.15, 0.2) is 46.4 Å². The van der Waals surface area contributed by atoms with Crippen LogP contribution in [0.25, 0.3) is 0 Å². The van der Waals surface area contributed by atoms with Crippen LogP contribution in [0, 0.1) is 13.8 Å². The van der Waals surface area contributed by atoms with E-state index in [9.17, 15) is 8.42 Å². The first kappa shape index (κ1) is 19.9. The van der Waals surface area contributed by atoms with Gasteiger partial charge in [-0.05, 0) is 61.7 Å². The molecule has 0 aromatic heterocycles. The average molecular weight is 376 g/mol. The molecule has 0 bridgehead atoms. The first-order valence-corrected chi connectivity index (χ1v) is 9.56. The van der Waals surface area contributed by atoms with Gasteiger partial charge in [0.15, 0.2) is 0 Å². The molecule has 0 radical (unpaired) electrons. The predicted octanol–water partition coefficient (Wildman–Crippen LogP) is 3.16. The van der Waals surface area contributed by atoms with Gasteiger partial charge >= 0.3 is 0 Å². The SMILES string of the molecule is COCc1cc(/C(C)=N\NS(=O)(=O)c2cc(C)ccc2C)ccc1OC. The van der Waals surface area contributed by atoms with Crippen molar-refractivity contribution in [2.75, 3.05) is 14.2 Å². The molecule has 0 atom stereocenters. The highest BCUT2D eigenvalue weighted by Crippen LogP contribution is 2.21. The monoisotopic (exact) mass is 376 g/mol. The number of nitrogens with one attached hydrogen (secondary N) is 1. The summed E-state index contributed by atoms with van der Waals surface area (Å²) in [5, 5.41) is 4.07. The summed E-state index contributed by atoms with van der Waals surface area (Å²) < 4.78 is 35.6. The maximum atomic E-state index is 12.6. The second-order valence-corrected chi connectivity index (χ2v) is 7.65. The van der Waals surface area contributed by atoms with Crippen molar-refractivity contribution in [2.45, 2.75) is 32.3 Å². The van der Waals surface area contributed by atoms with Gasteiger partial charge in [-0.3, -0.25) is 0 Å². The minimum atomic E-state index is -3.74. The van der Waals surface area contributed by atoms with E-state index in [2.05, 4.69) is 9.93 Å². The zero-order valence-electron chi connectivity index (χ0n) is 15.7. The van der Waals surface area contributed by atoms with Gasteiger partial charge in [-0.1, -0.05) is 12.1 Å². The maximum absolute atomic E-state index is 12.6. The van der Waals surface area contributed by atoms with Gasteiger partial charge in [0.2, 0.25) is 0 Å². The molecule has 1 N–H and O–H groups in total. The summed E-state index contributed by atoms with van der Waals surface area (Å²) >= 11 is 0. The van der Waals surface area contributed by atoms with Crippen molar-refractivity contribution in [2.24, 2.45) is 5.10 Å². The summed E-state index contributed by atoms with van der Waals surface area (Å²) in [6, 6.07) is 10.8. The van der Waals surface area contributed by atoms with Gasteiger partial charge in [0.25, 0.3) is 10.0 Å². The summed E-state index contributed by atoms with van der Waals surface area (Å²) in [7, 11) is -0.543. The lowest BCUT2D eigenvalue weighted by atomic mass is 10.1. The number of rotatable bonds is 7. The third kappa shape index (κ3) is 4.62. The van der Waals surface area contributed by atoms with Crippen LogP contribution in [0.3, 0.4) is 0 Å². The Hall–Kier alpha value is -2.38. The number of sulfonamides is 1. The second-order valence-electron chi connectivity index (χ2n) is 6.02. The van der Waals surface area contributed by atoms with E-state index in [0.717, 1.165) is 16.7 Å². The van der Waals surface area contributed by atoms with Gasteiger partial charge in [-0.2, -0.15) is 18.4 Å². The number of methoxy groups -OCH3 is 2. The summed E-state index contributed by atoms with van der Waals surface area (Å²) in [6.07, 6.45) is 0. The zero-order chi connectivity index (χ0) is 19.3. The highest BCUT2D eigenvalue weighted by atomic mass is 32.2. The van der Waals surface area contributed by atoms with E-state index < -0.39 is 10.0 Å². The number of nitrogens with zero attached hydrogens (tertiary/aromatic N) is 1. The van der Waals surface area contributed by atoms with Gasteiger partial charge in [-0.25, -0.2) is 0 Å². The standard InChI is InChI=1S/C19H24N2O4S/c1-13-6-7-14(2)19(10-13)26(22,23)21-20-15(3)16-8-9-18(25-5)17(11-16)12-24-4/h6-11,21H,12H2,1-5H3/b20-15-. The quantitative estimate of drug-likeness (QED) is 0.595. The molecule has 0 heterocycles. The van der Waals surface area contributed by atoms with Crippen molar-refractivity contribution in [3.05, 3.63) is 58.7 Å². The molecule has 0 aliphatic carbocycles. The van der Waals surface area contributed by atoms with Crippen LogP contribution >= 0.6 is 0 Å². The molecule has 0 spiro atoms. The molecular formula is C19H24N2O4S. The van der Waals surface area contributed by atoms with E-state index in [4.69, 9.17) is 9.47 Å². The first-order chi connectivity index (χ1) is 12.3. The van der Waals surface area contributed by atoms with Crippen molar-refractivity contribution in [1.29, 1.82) is 0 Å². The molecule has 0 fully saturated rings. The highest BCUT2D eigenvalue weighted by molar-refractivity contribution is 7.89. The minimum Gasteiger partial charge on any atom is -0.496 e. The third-order valence-corrected chi connectivity index (χ3v) is 5.32. The van der Waals surface area contributed by atoms with Gasteiger partial charge < -0.3 is 9.47 Å². The van der Waals surface area contributed by atoms with Crippen LogP contribution in [0.4, 0.5) is 0 Å². The number of hydrogen-bond donors (Lipinski definition) is 1. The van der Waals surface area contributed by atoms with Crippen molar-refractivity contribution >= 4 is 15.7 Å². The molecule has 26 heavy (non-hydrogen) atoms. The zero-order valence-corrected chi connectivity index (χ0v) is 16.5. The molecule has 0 saturated heterocycles. The van der Waals surface area contributed by atoms with E-state index in [1.165, 1.54) is 0 Å². The highest BCUT2D eigenvalue weighted by Gasteiger charge is 2.16. The number of ether oxygens (including phenoxy) is 2. The molecule has 2 rings (SSSR count). The number of hydrogen-bond acceptors (Lipinski definition) is 5. The molecule has 2 aromatic rings. The van der Waals surface area contributed by atoms with E-state index in [-0.39, 0.29) is 4.90 Å². The Balaban J connectivity index is 2.29. The van der Waals surface area contributed by atoms with Crippen LogP contribution < -0.4 is 9.57 Å². The van der Waals surface area contributed by atoms with Crippen molar-refractivity contribution < 1.29 is 17.9 Å². The lowest BCUT2D eigenvalue weighted by Crippen LogP contribution is -2.21. The maximum Gasteiger partial charge on any atom is 0.276 e. The lowest BCUT2D eigenvalue weighted by Gasteiger charge is -2.11. The molecule has 6 nitrogen and oxygen atoms in total. The number of aryl methyl sites for hydroxylation is 2. The Labute approximate surface area is 154 Å². The summed E-state index contributed by atoms with van der Waals surface area (Å²) in [5.74, 6) is 0.708. The van der Waals surface area contributed by atoms with Gasteiger partial charge in [0.1, 0.15) is 5.75 Å². The minimum absolute atomic E-state index is 0.226. The Morgan fingerprint density at radius 1 is 1.12 bits per heavy atom. The van der Waals surface area contributed by atoms with Crippen LogP contribution in [-0.2, 0) is 21.4 Å². The van der Waals surface area contributed by atoms with Crippen LogP contribution in [-0.4, -0.2) is 28.3 Å². The summed E-state index contributed by atoms with van der Waals surface area (Å²) in [6.45, 7) is 5.73. The van der Waals surface area contributed by atoms with E-state index in [1.807, 2.05) is 31.2 Å². The van der Waals surface area contributed by atoms with Crippen LogP contribution in [0.1, 0.15) is 29.2 Å². The molecule has 7 heteroatoms. The summed E-state index contributed by atoms with van der Waals surface area (Å²) in [5.41, 5.74) is 3.72. The molecule has 0 amide bonds. The Bertz CT molecular complexity index is 921. The molecule has 0 unspecified atom stereocenters. The predicted molar refractivity (Wildman–Crippen MR) is 102 cm³/mol. The fourth-order valence-electron chi connectivity index (χ4n) is 2.51. The second kappa shape index (κ2) is 8.33. The smallest absolute Gasteiger partial charge is 0.276 e. The Morgan fingerprint density at radius 2 is 1.85 bits per heavy atom. The van der Waals surface area contributed by atoms with Gasteiger partial charge in [0, 0.05) is 12.7 Å². The molecule has 140 valence electrons. The van der Waals surface area contributed by atoms with Gasteiger partial charge in [-0.15, -0.1) is 0 Å². The summed E-state index contributed by atoms with van der Waals surface area (Å²) in [4.78, 5) is 2.55. The van der Waals surface area contributed by atoms with Crippen LogP contribution in [0.5, 0.6) is 5.75 Å².